The van der Waals surface area contributed by atoms with Gasteiger partial charge in [0, 0.05) is 10.9 Å². The van der Waals surface area contributed by atoms with Crippen molar-refractivity contribution < 1.29 is 14.3 Å². The van der Waals surface area contributed by atoms with Crippen LogP contribution >= 0.6 is 0 Å². The Kier molecular flexibility index (Phi) is 3.12. The Morgan fingerprint density at radius 2 is 1.95 bits per heavy atom. The number of H-pyrrole nitrogens is 1. The standard InChI is InChI=1S/C15H11N3O3/c16-14(19)9-3-1-5-11(7-9)21-15(20)12-6-2-4-10-8-17-18-13(10)12/h1-8H,(H2,16,19)(H,17,18). The van der Waals surface area contributed by atoms with Crippen LogP contribution in [-0.4, -0.2) is 22.1 Å². The van der Waals surface area contributed by atoms with Crippen LogP contribution in [0.3, 0.4) is 0 Å². The van der Waals surface area contributed by atoms with Gasteiger partial charge in [-0.3, -0.25) is 9.89 Å². The Morgan fingerprint density at radius 1 is 1.14 bits per heavy atom. The van der Waals surface area contributed by atoms with Crippen LogP contribution < -0.4 is 10.5 Å². The number of esters is 1. The molecule has 0 aliphatic heterocycles. The Balaban J connectivity index is 1.91. The number of ether oxygens (including phenoxy) is 1. The molecule has 0 aliphatic rings. The number of nitrogens with one attached hydrogen (secondary N) is 1. The lowest BCUT2D eigenvalue weighted by atomic mass is 10.1. The number of carbonyl (C=O) groups is 2. The number of rotatable bonds is 3. The second-order valence-electron chi connectivity index (χ2n) is 4.42. The second kappa shape index (κ2) is 5.09. The normalized spacial score (nSPS) is 10.5. The van der Waals surface area contributed by atoms with Crippen LogP contribution in [0.5, 0.6) is 5.75 Å². The van der Waals surface area contributed by atoms with Gasteiger partial charge in [-0.1, -0.05) is 18.2 Å². The van der Waals surface area contributed by atoms with Crippen LogP contribution in [0, 0.1) is 0 Å². The molecule has 2 aromatic carbocycles. The first-order valence-electron chi connectivity index (χ1n) is 6.19. The highest BCUT2D eigenvalue weighted by atomic mass is 16.5. The first-order valence-corrected chi connectivity index (χ1v) is 6.19. The molecule has 0 fully saturated rings. The predicted octanol–water partition coefficient (Wildman–Crippen LogP) is 1.88. The van der Waals surface area contributed by atoms with E-state index in [9.17, 15) is 9.59 Å². The number of para-hydroxylation sites is 1. The topological polar surface area (TPSA) is 98.1 Å². The van der Waals surface area contributed by atoms with E-state index in [1.807, 2.05) is 6.07 Å². The van der Waals surface area contributed by atoms with Crippen molar-refractivity contribution in [3.8, 4) is 5.75 Å². The molecule has 3 rings (SSSR count). The van der Waals surface area contributed by atoms with Crippen LogP contribution in [0.2, 0.25) is 0 Å². The fourth-order valence-electron chi connectivity index (χ4n) is 2.01. The van der Waals surface area contributed by atoms with Gasteiger partial charge in [-0.15, -0.1) is 0 Å². The molecular formula is C15H11N3O3. The lowest BCUT2D eigenvalue weighted by Gasteiger charge is -2.06. The van der Waals surface area contributed by atoms with Crippen molar-refractivity contribution in [3.05, 3.63) is 59.8 Å². The summed E-state index contributed by atoms with van der Waals surface area (Å²) in [4.78, 5) is 23.3. The molecule has 0 saturated heterocycles. The number of carbonyl (C=O) groups excluding carboxylic acids is 2. The smallest absolute Gasteiger partial charge is 0.345 e. The Bertz CT molecular complexity index is 839. The van der Waals surface area contributed by atoms with Gasteiger partial charge in [-0.25, -0.2) is 4.79 Å². The van der Waals surface area contributed by atoms with E-state index in [2.05, 4.69) is 10.2 Å². The number of benzene rings is 2. The van der Waals surface area contributed by atoms with Gasteiger partial charge in [0.2, 0.25) is 5.91 Å². The summed E-state index contributed by atoms with van der Waals surface area (Å²) in [5.41, 5.74) is 6.45. The number of nitrogens with two attached hydrogens (primary N) is 1. The molecule has 6 nitrogen and oxygen atoms in total. The van der Waals surface area contributed by atoms with Gasteiger partial charge in [0.1, 0.15) is 5.75 Å². The van der Waals surface area contributed by atoms with Gasteiger partial charge in [0.05, 0.1) is 17.3 Å². The number of aromatic nitrogens is 2. The van der Waals surface area contributed by atoms with Crippen molar-refractivity contribution in [1.82, 2.24) is 10.2 Å². The number of nitrogens with zero attached hydrogens (tertiary/aromatic N) is 1. The molecule has 104 valence electrons. The van der Waals surface area contributed by atoms with Gasteiger partial charge in [0.25, 0.3) is 0 Å². The largest absolute Gasteiger partial charge is 0.423 e. The third-order valence-electron chi connectivity index (χ3n) is 3.03. The minimum atomic E-state index is -0.580. The summed E-state index contributed by atoms with van der Waals surface area (Å²) in [5, 5.41) is 7.47. The zero-order valence-electron chi connectivity index (χ0n) is 10.9. The minimum Gasteiger partial charge on any atom is -0.423 e. The molecule has 0 radical (unpaired) electrons. The number of hydrogen-bond acceptors (Lipinski definition) is 4. The van der Waals surface area contributed by atoms with Gasteiger partial charge < -0.3 is 10.5 Å². The number of hydrogen-bond donors (Lipinski definition) is 2. The molecule has 0 unspecified atom stereocenters. The maximum Gasteiger partial charge on any atom is 0.345 e. The number of aromatic amines is 1. The molecular weight excluding hydrogens is 270 g/mol. The van der Waals surface area contributed by atoms with E-state index in [1.54, 1.807) is 36.5 Å². The fraction of sp³-hybridized carbons (Fsp3) is 0. The van der Waals surface area contributed by atoms with E-state index in [1.165, 1.54) is 6.07 Å². The van der Waals surface area contributed by atoms with Gasteiger partial charge in [-0.2, -0.15) is 5.10 Å². The molecule has 0 aliphatic carbocycles. The SMILES string of the molecule is NC(=O)c1cccc(OC(=O)c2cccc3cn[nH]c23)c1. The van der Waals surface area contributed by atoms with Crippen molar-refractivity contribution in [2.75, 3.05) is 0 Å². The average Bonchev–Trinajstić information content (AvgIpc) is 2.95. The maximum absolute atomic E-state index is 12.2. The third kappa shape index (κ3) is 2.46. The van der Waals surface area contributed by atoms with Crippen molar-refractivity contribution in [3.63, 3.8) is 0 Å². The highest BCUT2D eigenvalue weighted by Gasteiger charge is 2.14. The van der Waals surface area contributed by atoms with Crippen LogP contribution in [0.25, 0.3) is 10.9 Å². The van der Waals surface area contributed by atoms with Crippen molar-refractivity contribution >= 4 is 22.8 Å². The zero-order chi connectivity index (χ0) is 14.8. The van der Waals surface area contributed by atoms with E-state index < -0.39 is 11.9 Å². The quantitative estimate of drug-likeness (QED) is 0.565. The van der Waals surface area contributed by atoms with Gasteiger partial charge in [0.15, 0.2) is 0 Å². The summed E-state index contributed by atoms with van der Waals surface area (Å²) < 4.78 is 5.27. The first kappa shape index (κ1) is 12.9. The Morgan fingerprint density at radius 3 is 2.76 bits per heavy atom. The van der Waals surface area contributed by atoms with E-state index >= 15 is 0 Å². The third-order valence-corrected chi connectivity index (χ3v) is 3.03. The lowest BCUT2D eigenvalue weighted by molar-refractivity contribution is 0.0735. The van der Waals surface area contributed by atoms with Crippen LogP contribution in [0.4, 0.5) is 0 Å². The molecule has 1 aromatic heterocycles. The highest BCUT2D eigenvalue weighted by Crippen LogP contribution is 2.19. The summed E-state index contributed by atoms with van der Waals surface area (Å²) in [5.74, 6) is -0.858. The molecule has 3 N–H and O–H groups in total. The van der Waals surface area contributed by atoms with E-state index in [0.717, 1.165) is 5.39 Å². The summed E-state index contributed by atoms with van der Waals surface area (Å²) in [6.07, 6.45) is 1.62. The molecule has 0 saturated carbocycles. The summed E-state index contributed by atoms with van der Waals surface area (Å²) in [7, 11) is 0. The van der Waals surface area contributed by atoms with Crippen LogP contribution in [0.1, 0.15) is 20.7 Å². The monoisotopic (exact) mass is 281 g/mol. The Labute approximate surface area is 119 Å². The summed E-state index contributed by atoms with van der Waals surface area (Å²) in [6.45, 7) is 0. The van der Waals surface area contributed by atoms with Crippen molar-refractivity contribution in [1.29, 1.82) is 0 Å². The summed E-state index contributed by atoms with van der Waals surface area (Å²) in [6, 6.07) is 11.4. The minimum absolute atomic E-state index is 0.257. The molecule has 1 amide bonds. The molecule has 1 heterocycles. The molecule has 3 aromatic rings. The first-order chi connectivity index (χ1) is 10.1. The Hall–Kier alpha value is -3.15. The molecule has 6 heteroatoms. The predicted molar refractivity (Wildman–Crippen MR) is 76.0 cm³/mol. The molecule has 21 heavy (non-hydrogen) atoms. The average molecular weight is 281 g/mol. The van der Waals surface area contributed by atoms with Gasteiger partial charge in [-0.05, 0) is 24.3 Å². The van der Waals surface area contributed by atoms with Crippen molar-refractivity contribution in [2.24, 2.45) is 5.73 Å². The highest BCUT2D eigenvalue weighted by molar-refractivity contribution is 6.03. The fourth-order valence-corrected chi connectivity index (χ4v) is 2.01. The van der Waals surface area contributed by atoms with Gasteiger partial charge >= 0.3 is 5.97 Å². The second-order valence-corrected chi connectivity index (χ2v) is 4.42. The number of primary amides is 1. The van der Waals surface area contributed by atoms with E-state index in [0.29, 0.717) is 11.1 Å². The van der Waals surface area contributed by atoms with Crippen LogP contribution in [0.15, 0.2) is 48.7 Å². The maximum atomic E-state index is 12.2. The molecule has 0 atom stereocenters. The van der Waals surface area contributed by atoms with Crippen LogP contribution in [-0.2, 0) is 0 Å². The van der Waals surface area contributed by atoms with E-state index in [-0.39, 0.29) is 11.3 Å². The number of amides is 1. The summed E-state index contributed by atoms with van der Waals surface area (Å²) >= 11 is 0. The number of fused-ring (bicyclic) bond motifs is 1. The van der Waals surface area contributed by atoms with Crippen molar-refractivity contribution in [2.45, 2.75) is 0 Å². The van der Waals surface area contributed by atoms with E-state index in [4.69, 9.17) is 10.5 Å². The lowest BCUT2D eigenvalue weighted by Crippen LogP contribution is -2.12. The molecule has 0 bridgehead atoms. The zero-order valence-corrected chi connectivity index (χ0v) is 10.9. The molecule has 0 spiro atoms.